The Morgan fingerprint density at radius 1 is 1.32 bits per heavy atom. The Morgan fingerprint density at radius 2 is 2.00 bits per heavy atom. The van der Waals surface area contributed by atoms with E-state index in [9.17, 15) is 13.2 Å². The molecular formula is C11H9BrF3N3O. The summed E-state index contributed by atoms with van der Waals surface area (Å²) in [4.78, 5) is 0. The van der Waals surface area contributed by atoms with Crippen LogP contribution in [0.5, 0.6) is 0 Å². The van der Waals surface area contributed by atoms with Crippen LogP contribution in [0.4, 0.5) is 13.2 Å². The van der Waals surface area contributed by atoms with Crippen LogP contribution in [-0.2, 0) is 6.18 Å². The smallest absolute Gasteiger partial charge is 0.416 e. The molecule has 0 amide bonds. The predicted molar refractivity (Wildman–Crippen MR) is 65.0 cm³/mol. The summed E-state index contributed by atoms with van der Waals surface area (Å²) in [5, 5.41) is 7.38. The second kappa shape index (κ2) is 4.93. The highest BCUT2D eigenvalue weighted by atomic mass is 79.9. The van der Waals surface area contributed by atoms with Crippen LogP contribution in [0.25, 0.3) is 11.5 Å². The van der Waals surface area contributed by atoms with Gasteiger partial charge in [0.2, 0.25) is 11.8 Å². The van der Waals surface area contributed by atoms with Crippen molar-refractivity contribution < 1.29 is 17.6 Å². The number of nitrogens with zero attached hydrogens (tertiary/aromatic N) is 2. The lowest BCUT2D eigenvalue weighted by Crippen LogP contribution is -2.05. The van der Waals surface area contributed by atoms with Crippen molar-refractivity contribution >= 4 is 15.9 Å². The maximum atomic E-state index is 12.6. The quantitative estimate of drug-likeness (QED) is 0.911. The van der Waals surface area contributed by atoms with Crippen LogP contribution in [0.1, 0.15) is 24.4 Å². The Morgan fingerprint density at radius 3 is 2.53 bits per heavy atom. The number of benzene rings is 1. The summed E-state index contributed by atoms with van der Waals surface area (Å²) in [6, 6.07) is 2.72. The molecule has 0 spiro atoms. The Hall–Kier alpha value is -1.41. The summed E-state index contributed by atoms with van der Waals surface area (Å²) in [6.45, 7) is 1.64. The molecule has 0 saturated heterocycles. The number of rotatable bonds is 2. The van der Waals surface area contributed by atoms with Crippen LogP contribution in [0.15, 0.2) is 27.1 Å². The summed E-state index contributed by atoms with van der Waals surface area (Å²) in [5.41, 5.74) is 4.94. The summed E-state index contributed by atoms with van der Waals surface area (Å²) in [6.07, 6.45) is -4.43. The van der Waals surface area contributed by atoms with E-state index >= 15 is 0 Å². The lowest BCUT2D eigenvalue weighted by Gasteiger charge is -2.08. The minimum atomic E-state index is -4.43. The van der Waals surface area contributed by atoms with Gasteiger partial charge < -0.3 is 10.2 Å². The molecule has 1 unspecified atom stereocenters. The molecule has 4 nitrogen and oxygen atoms in total. The third-order valence-electron chi connectivity index (χ3n) is 2.35. The molecule has 0 aliphatic carbocycles. The zero-order chi connectivity index (χ0) is 14.2. The lowest BCUT2D eigenvalue weighted by atomic mass is 10.1. The summed E-state index contributed by atoms with van der Waals surface area (Å²) < 4.78 is 43.6. The van der Waals surface area contributed by atoms with Crippen molar-refractivity contribution in [3.8, 4) is 11.5 Å². The van der Waals surface area contributed by atoms with E-state index in [-0.39, 0.29) is 17.3 Å². The maximum Gasteiger partial charge on any atom is 0.416 e. The first kappa shape index (κ1) is 14.0. The van der Waals surface area contributed by atoms with Gasteiger partial charge in [-0.1, -0.05) is 0 Å². The van der Waals surface area contributed by atoms with Crippen molar-refractivity contribution in [2.45, 2.75) is 19.1 Å². The predicted octanol–water partition coefficient (Wildman–Crippen LogP) is 3.54. The van der Waals surface area contributed by atoms with E-state index in [4.69, 9.17) is 10.2 Å². The monoisotopic (exact) mass is 335 g/mol. The molecule has 0 aliphatic rings. The minimum Gasteiger partial charge on any atom is -0.419 e. The zero-order valence-electron chi connectivity index (χ0n) is 9.70. The molecule has 2 aromatic rings. The molecular weight excluding hydrogens is 327 g/mol. The molecule has 1 atom stereocenters. The van der Waals surface area contributed by atoms with Gasteiger partial charge in [-0.3, -0.25) is 0 Å². The Kier molecular flexibility index (Phi) is 3.64. The molecule has 0 radical (unpaired) electrons. The van der Waals surface area contributed by atoms with Crippen LogP contribution in [0.2, 0.25) is 0 Å². The molecule has 102 valence electrons. The fourth-order valence-corrected chi connectivity index (χ4v) is 1.81. The standard InChI is InChI=1S/C11H9BrF3N3O/c1-5(16)9-17-18-10(19-9)7-4-6(11(13,14)15)2-3-8(7)12/h2-5H,16H2,1H3. The Balaban J connectivity index is 2.48. The van der Waals surface area contributed by atoms with E-state index < -0.39 is 17.8 Å². The van der Waals surface area contributed by atoms with Gasteiger partial charge in [0.25, 0.3) is 0 Å². The molecule has 2 rings (SSSR count). The molecule has 0 saturated carbocycles. The first-order chi connectivity index (χ1) is 8.79. The van der Waals surface area contributed by atoms with Gasteiger partial charge in [0.15, 0.2) is 0 Å². The van der Waals surface area contributed by atoms with Crippen molar-refractivity contribution in [3.05, 3.63) is 34.1 Å². The topological polar surface area (TPSA) is 64.9 Å². The van der Waals surface area contributed by atoms with Crippen molar-refractivity contribution in [2.24, 2.45) is 5.73 Å². The minimum absolute atomic E-state index is 0.00900. The zero-order valence-corrected chi connectivity index (χ0v) is 11.3. The van der Waals surface area contributed by atoms with Gasteiger partial charge in [-0.05, 0) is 41.1 Å². The van der Waals surface area contributed by atoms with Crippen molar-refractivity contribution in [1.29, 1.82) is 0 Å². The largest absolute Gasteiger partial charge is 0.419 e. The molecule has 19 heavy (non-hydrogen) atoms. The van der Waals surface area contributed by atoms with Gasteiger partial charge in [0, 0.05) is 4.47 Å². The average molecular weight is 336 g/mol. The van der Waals surface area contributed by atoms with Crippen molar-refractivity contribution in [2.75, 3.05) is 0 Å². The number of hydrogen-bond donors (Lipinski definition) is 1. The van der Waals surface area contributed by atoms with E-state index in [2.05, 4.69) is 26.1 Å². The van der Waals surface area contributed by atoms with E-state index in [0.717, 1.165) is 12.1 Å². The molecule has 0 bridgehead atoms. The molecule has 1 aromatic heterocycles. The van der Waals surface area contributed by atoms with E-state index in [1.54, 1.807) is 6.92 Å². The van der Waals surface area contributed by atoms with Gasteiger partial charge in [0.05, 0.1) is 17.2 Å². The molecule has 1 aromatic carbocycles. The molecule has 0 aliphatic heterocycles. The average Bonchev–Trinajstić information content (AvgIpc) is 2.77. The number of alkyl halides is 3. The SMILES string of the molecule is CC(N)c1nnc(-c2cc(C(F)(F)F)ccc2Br)o1. The number of hydrogen-bond acceptors (Lipinski definition) is 4. The van der Waals surface area contributed by atoms with E-state index in [1.165, 1.54) is 6.07 Å². The van der Waals surface area contributed by atoms with Gasteiger partial charge in [-0.15, -0.1) is 10.2 Å². The summed E-state index contributed by atoms with van der Waals surface area (Å²) >= 11 is 3.15. The van der Waals surface area contributed by atoms with E-state index in [1.807, 2.05) is 0 Å². The van der Waals surface area contributed by atoms with Crippen LogP contribution in [0, 0.1) is 0 Å². The highest BCUT2D eigenvalue weighted by Crippen LogP contribution is 2.35. The highest BCUT2D eigenvalue weighted by Gasteiger charge is 2.31. The molecule has 0 fully saturated rings. The van der Waals surface area contributed by atoms with Crippen LogP contribution < -0.4 is 5.73 Å². The van der Waals surface area contributed by atoms with Gasteiger partial charge in [0.1, 0.15) is 0 Å². The third-order valence-corrected chi connectivity index (χ3v) is 3.05. The fourth-order valence-electron chi connectivity index (χ4n) is 1.39. The Bertz CT molecular complexity index is 595. The molecule has 1 heterocycles. The second-order valence-electron chi connectivity index (χ2n) is 3.93. The van der Waals surface area contributed by atoms with Crippen molar-refractivity contribution in [1.82, 2.24) is 10.2 Å². The fraction of sp³-hybridized carbons (Fsp3) is 0.273. The van der Waals surface area contributed by atoms with Gasteiger partial charge >= 0.3 is 6.18 Å². The Labute approximate surface area is 114 Å². The second-order valence-corrected chi connectivity index (χ2v) is 4.78. The van der Waals surface area contributed by atoms with Crippen molar-refractivity contribution in [3.63, 3.8) is 0 Å². The maximum absolute atomic E-state index is 12.6. The van der Waals surface area contributed by atoms with Gasteiger partial charge in [-0.2, -0.15) is 13.2 Å². The first-order valence-corrected chi connectivity index (χ1v) is 6.04. The van der Waals surface area contributed by atoms with Crippen LogP contribution in [-0.4, -0.2) is 10.2 Å². The molecule has 8 heteroatoms. The summed E-state index contributed by atoms with van der Waals surface area (Å²) in [7, 11) is 0. The summed E-state index contributed by atoms with van der Waals surface area (Å²) in [5.74, 6) is 0.157. The van der Waals surface area contributed by atoms with Crippen LogP contribution in [0.3, 0.4) is 0 Å². The van der Waals surface area contributed by atoms with Gasteiger partial charge in [-0.25, -0.2) is 0 Å². The van der Waals surface area contributed by atoms with E-state index in [0.29, 0.717) is 4.47 Å². The number of aromatic nitrogens is 2. The number of nitrogens with two attached hydrogens (primary N) is 1. The third kappa shape index (κ3) is 2.95. The first-order valence-electron chi connectivity index (χ1n) is 5.25. The van der Waals surface area contributed by atoms with Crippen LogP contribution >= 0.6 is 15.9 Å². The normalized spacial score (nSPS) is 13.6. The molecule has 2 N–H and O–H groups in total. The highest BCUT2D eigenvalue weighted by molar-refractivity contribution is 9.10. The number of halogens is 4. The lowest BCUT2D eigenvalue weighted by molar-refractivity contribution is -0.137.